The van der Waals surface area contributed by atoms with Crippen molar-refractivity contribution in [2.24, 2.45) is 5.14 Å². The summed E-state index contributed by atoms with van der Waals surface area (Å²) in [6.07, 6.45) is 0. The number of carbonyl (C=O) groups is 2. The van der Waals surface area contributed by atoms with Gasteiger partial charge in [0.25, 0.3) is 5.91 Å². The summed E-state index contributed by atoms with van der Waals surface area (Å²) in [6.45, 7) is -0.216. The highest BCUT2D eigenvalue weighted by Gasteiger charge is 2.17. The van der Waals surface area contributed by atoms with E-state index in [9.17, 15) is 18.0 Å². The molecule has 0 saturated heterocycles. The van der Waals surface area contributed by atoms with Crippen LogP contribution in [-0.4, -0.2) is 48.1 Å². The number of rotatable bonds is 9. The molecular formula is C19H23N3O7S. The largest absolute Gasteiger partial charge is 0.493 e. The van der Waals surface area contributed by atoms with Crippen LogP contribution < -0.4 is 30.0 Å². The van der Waals surface area contributed by atoms with Gasteiger partial charge in [0.15, 0.2) is 11.5 Å². The van der Waals surface area contributed by atoms with Crippen molar-refractivity contribution < 1.29 is 32.2 Å². The molecule has 0 saturated carbocycles. The van der Waals surface area contributed by atoms with Crippen LogP contribution in [0.1, 0.15) is 15.9 Å². The third kappa shape index (κ3) is 5.84. The topological polar surface area (TPSA) is 146 Å². The Morgan fingerprint density at radius 3 is 2.13 bits per heavy atom. The molecule has 2 aromatic rings. The molecule has 0 aliphatic carbocycles. The van der Waals surface area contributed by atoms with E-state index in [1.807, 2.05) is 0 Å². The third-order valence-corrected chi connectivity index (χ3v) is 4.96. The summed E-state index contributed by atoms with van der Waals surface area (Å²) in [5.41, 5.74) is 0.768. The van der Waals surface area contributed by atoms with E-state index in [-0.39, 0.29) is 23.5 Å². The number of hydrogen-bond donors (Lipinski definition) is 3. The minimum atomic E-state index is -3.83. The fraction of sp³-hybridized carbons (Fsp3) is 0.263. The van der Waals surface area contributed by atoms with Gasteiger partial charge in [-0.1, -0.05) is 12.1 Å². The van der Waals surface area contributed by atoms with Crippen molar-refractivity contribution in [3.63, 3.8) is 0 Å². The van der Waals surface area contributed by atoms with Gasteiger partial charge in [0.05, 0.1) is 32.8 Å². The van der Waals surface area contributed by atoms with Crippen LogP contribution in [0.15, 0.2) is 41.3 Å². The van der Waals surface area contributed by atoms with E-state index in [0.29, 0.717) is 22.8 Å². The van der Waals surface area contributed by atoms with Gasteiger partial charge in [0.1, 0.15) is 0 Å². The summed E-state index contributed by atoms with van der Waals surface area (Å²) in [7, 11) is 0.472. The Bertz CT molecular complexity index is 1010. The first-order valence-electron chi connectivity index (χ1n) is 8.66. The second kappa shape index (κ2) is 9.94. The quantitative estimate of drug-likeness (QED) is 0.515. The van der Waals surface area contributed by atoms with Crippen LogP contribution >= 0.6 is 0 Å². The van der Waals surface area contributed by atoms with Crippen molar-refractivity contribution >= 4 is 21.8 Å². The monoisotopic (exact) mass is 437 g/mol. The predicted molar refractivity (Wildman–Crippen MR) is 108 cm³/mol. The molecule has 0 spiro atoms. The fourth-order valence-electron chi connectivity index (χ4n) is 2.57. The lowest BCUT2D eigenvalue weighted by atomic mass is 10.1. The molecule has 162 valence electrons. The maximum atomic E-state index is 12.4. The zero-order valence-corrected chi connectivity index (χ0v) is 17.5. The molecule has 10 nitrogen and oxygen atoms in total. The zero-order chi connectivity index (χ0) is 22.3. The minimum absolute atomic E-state index is 0.0510. The van der Waals surface area contributed by atoms with Crippen molar-refractivity contribution in [2.75, 3.05) is 27.9 Å². The van der Waals surface area contributed by atoms with Crippen molar-refractivity contribution in [1.29, 1.82) is 0 Å². The first-order chi connectivity index (χ1) is 14.2. The van der Waals surface area contributed by atoms with E-state index in [4.69, 9.17) is 19.3 Å². The van der Waals surface area contributed by atoms with Gasteiger partial charge in [-0.3, -0.25) is 9.59 Å². The van der Waals surface area contributed by atoms with E-state index in [0.717, 1.165) is 0 Å². The van der Waals surface area contributed by atoms with Crippen molar-refractivity contribution in [2.45, 2.75) is 11.4 Å². The summed E-state index contributed by atoms with van der Waals surface area (Å²) in [5, 5.41) is 10.2. The maximum Gasteiger partial charge on any atom is 0.251 e. The SMILES string of the molecule is COc1cc(C(=O)NCC(=O)NCc2cccc(S(N)(=O)=O)c2)cc(OC)c1OC. The number of hydrogen-bond acceptors (Lipinski definition) is 7. The van der Waals surface area contributed by atoms with Crippen LogP contribution in [0.5, 0.6) is 17.2 Å². The Hall–Kier alpha value is -3.31. The minimum Gasteiger partial charge on any atom is -0.493 e. The summed E-state index contributed by atoms with van der Waals surface area (Å²) < 4.78 is 38.4. The molecule has 0 aromatic heterocycles. The molecule has 0 unspecified atom stereocenters. The smallest absolute Gasteiger partial charge is 0.251 e. The van der Waals surface area contributed by atoms with Crippen molar-refractivity contribution in [3.05, 3.63) is 47.5 Å². The number of amides is 2. The van der Waals surface area contributed by atoms with Gasteiger partial charge in [-0.05, 0) is 29.8 Å². The lowest BCUT2D eigenvalue weighted by Crippen LogP contribution is -2.36. The molecule has 4 N–H and O–H groups in total. The zero-order valence-electron chi connectivity index (χ0n) is 16.7. The normalized spacial score (nSPS) is 10.8. The van der Waals surface area contributed by atoms with E-state index < -0.39 is 21.8 Å². The Labute approximate surface area is 174 Å². The molecule has 30 heavy (non-hydrogen) atoms. The Balaban J connectivity index is 1.97. The molecule has 2 amide bonds. The Morgan fingerprint density at radius 1 is 0.967 bits per heavy atom. The van der Waals surface area contributed by atoms with Crippen LogP contribution in [0, 0.1) is 0 Å². The summed E-state index contributed by atoms with van der Waals surface area (Å²) in [6, 6.07) is 8.82. The highest BCUT2D eigenvalue weighted by molar-refractivity contribution is 7.89. The lowest BCUT2D eigenvalue weighted by molar-refractivity contribution is -0.120. The standard InChI is InChI=1S/C19H23N3O7S/c1-27-15-8-13(9-16(28-2)18(15)29-3)19(24)22-11-17(23)21-10-12-5-4-6-14(7-12)30(20,25)26/h4-9H,10-11H2,1-3H3,(H,21,23)(H,22,24)(H2,20,25,26). The molecule has 11 heteroatoms. The van der Waals surface area contributed by atoms with Crippen molar-refractivity contribution in [1.82, 2.24) is 10.6 Å². The molecule has 2 aromatic carbocycles. The number of carbonyl (C=O) groups excluding carboxylic acids is 2. The molecule has 0 fully saturated rings. The van der Waals surface area contributed by atoms with Gasteiger partial charge >= 0.3 is 0 Å². The van der Waals surface area contributed by atoms with Crippen LogP contribution in [0.25, 0.3) is 0 Å². The highest BCUT2D eigenvalue weighted by atomic mass is 32.2. The molecule has 2 rings (SSSR count). The highest BCUT2D eigenvalue weighted by Crippen LogP contribution is 2.38. The third-order valence-electron chi connectivity index (χ3n) is 4.05. The van der Waals surface area contributed by atoms with Crippen molar-refractivity contribution in [3.8, 4) is 17.2 Å². The number of ether oxygens (including phenoxy) is 3. The average Bonchev–Trinajstić information content (AvgIpc) is 2.74. The summed E-state index contributed by atoms with van der Waals surface area (Å²) >= 11 is 0. The number of nitrogens with one attached hydrogen (secondary N) is 2. The Morgan fingerprint density at radius 2 is 1.60 bits per heavy atom. The molecule has 0 bridgehead atoms. The first kappa shape index (κ1) is 23.0. The summed E-state index contributed by atoms with van der Waals surface area (Å²) in [5.74, 6) is -0.0178. The van der Waals surface area contributed by atoms with Crippen LogP contribution in [-0.2, 0) is 21.4 Å². The molecular weight excluding hydrogens is 414 g/mol. The van der Waals surface area contributed by atoms with E-state index in [1.54, 1.807) is 6.07 Å². The van der Waals surface area contributed by atoms with E-state index >= 15 is 0 Å². The number of primary sulfonamides is 1. The second-order valence-electron chi connectivity index (χ2n) is 6.07. The molecule has 0 radical (unpaired) electrons. The first-order valence-corrected chi connectivity index (χ1v) is 10.2. The predicted octanol–water partition coefficient (Wildman–Crippen LogP) is 0.406. The van der Waals surface area contributed by atoms with E-state index in [2.05, 4.69) is 10.6 Å². The van der Waals surface area contributed by atoms with Gasteiger partial charge in [-0.2, -0.15) is 0 Å². The number of benzene rings is 2. The van der Waals surface area contributed by atoms with Gasteiger partial charge in [-0.15, -0.1) is 0 Å². The second-order valence-corrected chi connectivity index (χ2v) is 7.63. The van der Waals surface area contributed by atoms with Gasteiger partial charge in [0.2, 0.25) is 21.7 Å². The van der Waals surface area contributed by atoms with Gasteiger partial charge in [0, 0.05) is 12.1 Å². The van der Waals surface area contributed by atoms with Crippen LogP contribution in [0.3, 0.4) is 0 Å². The molecule has 0 heterocycles. The van der Waals surface area contributed by atoms with Crippen LogP contribution in [0.4, 0.5) is 0 Å². The number of sulfonamides is 1. The van der Waals surface area contributed by atoms with E-state index in [1.165, 1.54) is 51.7 Å². The van der Waals surface area contributed by atoms with Gasteiger partial charge in [-0.25, -0.2) is 13.6 Å². The number of methoxy groups -OCH3 is 3. The summed E-state index contributed by atoms with van der Waals surface area (Å²) in [4.78, 5) is 24.4. The molecule has 0 atom stereocenters. The average molecular weight is 437 g/mol. The lowest BCUT2D eigenvalue weighted by Gasteiger charge is -2.14. The van der Waals surface area contributed by atoms with Gasteiger partial charge < -0.3 is 24.8 Å². The molecule has 0 aliphatic rings. The maximum absolute atomic E-state index is 12.4. The number of nitrogens with two attached hydrogens (primary N) is 1. The Kier molecular flexibility index (Phi) is 7.61. The van der Waals surface area contributed by atoms with Crippen LogP contribution in [0.2, 0.25) is 0 Å². The molecule has 0 aliphatic heterocycles. The fourth-order valence-corrected chi connectivity index (χ4v) is 3.15.